The van der Waals surface area contributed by atoms with E-state index in [9.17, 15) is 9.59 Å². The molecular weight excluding hydrogens is 462 g/mol. The number of amides is 3. The summed E-state index contributed by atoms with van der Waals surface area (Å²) in [5.41, 5.74) is 4.82. The molecule has 190 valence electrons. The zero-order valence-corrected chi connectivity index (χ0v) is 21.2. The number of nitrogens with one attached hydrogen (secondary N) is 3. The Labute approximate surface area is 210 Å². The van der Waals surface area contributed by atoms with Crippen molar-refractivity contribution in [2.45, 2.75) is 39.2 Å². The average molecular weight is 494 g/mol. The fraction of sp³-hybridized carbons (Fsp3) is 0.385. The van der Waals surface area contributed by atoms with Crippen molar-refractivity contribution in [3.8, 4) is 39.8 Å². The molecule has 0 radical (unpaired) electrons. The molecule has 0 fully saturated rings. The number of rotatable bonds is 7. The Balaban J connectivity index is 1.90. The number of carbonyl (C=O) groups excluding carboxylic acids is 2. The summed E-state index contributed by atoms with van der Waals surface area (Å²) < 4.78 is 17.0. The minimum Gasteiger partial charge on any atom is -0.493 e. The first kappa shape index (κ1) is 25.0. The highest BCUT2D eigenvalue weighted by atomic mass is 16.5. The molecule has 0 saturated heterocycles. The number of aryl methyl sites for hydroxylation is 1. The van der Waals surface area contributed by atoms with Crippen molar-refractivity contribution in [3.05, 3.63) is 35.4 Å². The first-order valence-electron chi connectivity index (χ1n) is 11.9. The van der Waals surface area contributed by atoms with E-state index in [4.69, 9.17) is 14.2 Å². The molecule has 3 N–H and O–H groups in total. The third-order valence-electron chi connectivity index (χ3n) is 6.12. The van der Waals surface area contributed by atoms with Gasteiger partial charge in [0.15, 0.2) is 11.5 Å². The molecule has 1 aromatic carbocycles. The van der Waals surface area contributed by atoms with Crippen LogP contribution in [0, 0.1) is 0 Å². The fourth-order valence-electron chi connectivity index (χ4n) is 4.59. The normalized spacial score (nSPS) is 14.2. The van der Waals surface area contributed by atoms with E-state index in [1.165, 1.54) is 6.92 Å². The number of carbonyl (C=O) groups is 2. The largest absolute Gasteiger partial charge is 0.493 e. The highest BCUT2D eigenvalue weighted by Gasteiger charge is 2.30. The molecular formula is C26H31N5O5. The summed E-state index contributed by atoms with van der Waals surface area (Å²) in [6, 6.07) is 7.04. The Morgan fingerprint density at radius 1 is 1.03 bits per heavy atom. The van der Waals surface area contributed by atoms with Crippen LogP contribution in [0.1, 0.15) is 43.9 Å². The summed E-state index contributed by atoms with van der Waals surface area (Å²) in [4.78, 5) is 33.3. The van der Waals surface area contributed by atoms with Gasteiger partial charge in [0.1, 0.15) is 0 Å². The highest BCUT2D eigenvalue weighted by Crippen LogP contribution is 2.50. The first-order chi connectivity index (χ1) is 17.4. The molecule has 10 heteroatoms. The second-order valence-electron chi connectivity index (χ2n) is 8.52. The molecule has 1 heterocycles. The van der Waals surface area contributed by atoms with Crippen molar-refractivity contribution in [2.24, 2.45) is 0 Å². The molecule has 0 unspecified atom stereocenters. The van der Waals surface area contributed by atoms with E-state index in [2.05, 4.69) is 25.9 Å². The summed E-state index contributed by atoms with van der Waals surface area (Å²) in [5, 5.41) is 8.51. The molecule has 1 aromatic rings. The zero-order valence-electron chi connectivity index (χ0n) is 21.2. The Morgan fingerprint density at radius 2 is 1.78 bits per heavy atom. The lowest BCUT2D eigenvalue weighted by atomic mass is 9.95. The molecule has 36 heavy (non-hydrogen) atoms. The van der Waals surface area contributed by atoms with Gasteiger partial charge < -0.3 is 24.8 Å². The zero-order chi connectivity index (χ0) is 25.8. The molecule has 10 nitrogen and oxygen atoms in total. The van der Waals surface area contributed by atoms with Crippen LogP contribution in [0.4, 0.5) is 10.7 Å². The summed E-state index contributed by atoms with van der Waals surface area (Å²) >= 11 is 0. The minimum absolute atomic E-state index is 0.134. The standard InChI is InChI=1S/C26H31N5O5/c1-6-11-27-26(33)31-25-29-19-10-8-16-17(13-20(19)30-25)18(28-14(2)32)9-7-15-12-21(34-3)23(35-4)24(36-5)22(15)16/h8,10,12-13,18H,6-7,9,11H2,1-5H3,(H,28,32)(H2,27,29,30,31,33)/t18-/m1/s1. The molecule has 3 aliphatic rings. The molecule has 1 aliphatic heterocycles. The SMILES string of the molecule is CCCNC(=O)Nc1nc2ccc3c(cc-2n1)[C@H](NC(C)=O)CCc1cc(OC)c(OC)c(OC)c1-3. The van der Waals surface area contributed by atoms with E-state index in [0.29, 0.717) is 48.0 Å². The monoisotopic (exact) mass is 493 g/mol. The Morgan fingerprint density at radius 3 is 2.44 bits per heavy atom. The van der Waals surface area contributed by atoms with Crippen molar-refractivity contribution >= 4 is 17.9 Å². The van der Waals surface area contributed by atoms with Gasteiger partial charge in [0.05, 0.1) is 38.8 Å². The number of urea groups is 1. The summed E-state index contributed by atoms with van der Waals surface area (Å²) in [5.74, 6) is 1.71. The number of hydrogen-bond acceptors (Lipinski definition) is 7. The van der Waals surface area contributed by atoms with E-state index in [-0.39, 0.29) is 23.9 Å². The van der Waals surface area contributed by atoms with Crippen LogP contribution in [0.2, 0.25) is 0 Å². The topological polar surface area (TPSA) is 124 Å². The molecule has 4 rings (SSSR count). The minimum atomic E-state index is -0.355. The van der Waals surface area contributed by atoms with Crippen molar-refractivity contribution < 1.29 is 23.8 Å². The van der Waals surface area contributed by atoms with Crippen LogP contribution < -0.4 is 30.2 Å². The van der Waals surface area contributed by atoms with Gasteiger partial charge in [-0.3, -0.25) is 10.1 Å². The van der Waals surface area contributed by atoms with Crippen molar-refractivity contribution in [1.29, 1.82) is 0 Å². The van der Waals surface area contributed by atoms with Gasteiger partial charge in [-0.05, 0) is 54.2 Å². The summed E-state index contributed by atoms with van der Waals surface area (Å²) in [6.07, 6.45) is 2.16. The van der Waals surface area contributed by atoms with Crippen LogP contribution in [0.15, 0.2) is 24.3 Å². The fourth-order valence-corrected chi connectivity index (χ4v) is 4.59. The van der Waals surface area contributed by atoms with Gasteiger partial charge in [-0.15, -0.1) is 0 Å². The molecule has 0 bridgehead atoms. The highest BCUT2D eigenvalue weighted by molar-refractivity contribution is 5.89. The van der Waals surface area contributed by atoms with Gasteiger partial charge in [0.25, 0.3) is 0 Å². The maximum atomic E-state index is 12.1. The third kappa shape index (κ3) is 4.84. The lowest BCUT2D eigenvalue weighted by Gasteiger charge is -2.19. The molecule has 2 aliphatic carbocycles. The maximum absolute atomic E-state index is 12.1. The van der Waals surface area contributed by atoms with E-state index in [1.54, 1.807) is 21.3 Å². The smallest absolute Gasteiger partial charge is 0.321 e. The molecule has 0 saturated carbocycles. The number of anilines is 1. The number of fused-ring (bicyclic) bond motifs is 4. The van der Waals surface area contributed by atoms with Crippen LogP contribution >= 0.6 is 0 Å². The van der Waals surface area contributed by atoms with Crippen LogP contribution in [0.5, 0.6) is 17.2 Å². The van der Waals surface area contributed by atoms with Gasteiger partial charge in [0, 0.05) is 19.0 Å². The second kappa shape index (κ2) is 10.7. The van der Waals surface area contributed by atoms with Crippen LogP contribution in [0.25, 0.3) is 22.5 Å². The number of aromatic nitrogens is 2. The number of benzene rings is 1. The number of imidazole rings is 1. The second-order valence-corrected chi connectivity index (χ2v) is 8.52. The third-order valence-corrected chi connectivity index (χ3v) is 6.12. The Hall–Kier alpha value is -4.08. The Bertz CT molecular complexity index is 1260. The Kier molecular flexibility index (Phi) is 7.42. The van der Waals surface area contributed by atoms with Gasteiger partial charge >= 0.3 is 6.03 Å². The van der Waals surface area contributed by atoms with Gasteiger partial charge in [-0.25, -0.2) is 14.8 Å². The van der Waals surface area contributed by atoms with Crippen molar-refractivity contribution in [3.63, 3.8) is 0 Å². The van der Waals surface area contributed by atoms with E-state index >= 15 is 0 Å². The molecule has 0 aromatic heterocycles. The van der Waals surface area contributed by atoms with Crippen LogP contribution in [-0.4, -0.2) is 49.8 Å². The van der Waals surface area contributed by atoms with Gasteiger partial charge in [-0.1, -0.05) is 13.0 Å². The predicted molar refractivity (Wildman–Crippen MR) is 136 cm³/mol. The van der Waals surface area contributed by atoms with Crippen molar-refractivity contribution in [2.75, 3.05) is 33.2 Å². The lowest BCUT2D eigenvalue weighted by molar-refractivity contribution is -0.119. The number of hydrogen-bond donors (Lipinski definition) is 3. The lowest BCUT2D eigenvalue weighted by Crippen LogP contribution is -2.29. The maximum Gasteiger partial charge on any atom is 0.321 e. The number of ether oxygens (including phenoxy) is 3. The average Bonchev–Trinajstić information content (AvgIpc) is 3.07. The number of methoxy groups -OCH3 is 3. The van der Waals surface area contributed by atoms with Gasteiger partial charge in [0.2, 0.25) is 17.6 Å². The van der Waals surface area contributed by atoms with E-state index in [0.717, 1.165) is 28.7 Å². The van der Waals surface area contributed by atoms with Gasteiger partial charge in [-0.2, -0.15) is 0 Å². The summed E-state index contributed by atoms with van der Waals surface area (Å²) in [7, 11) is 4.76. The quantitative estimate of drug-likeness (QED) is 0.456. The van der Waals surface area contributed by atoms with Crippen LogP contribution in [0.3, 0.4) is 0 Å². The van der Waals surface area contributed by atoms with E-state index < -0.39 is 0 Å². The van der Waals surface area contributed by atoms with Crippen LogP contribution in [-0.2, 0) is 11.2 Å². The molecule has 0 spiro atoms. The predicted octanol–water partition coefficient (Wildman–Crippen LogP) is 3.93. The first-order valence-corrected chi connectivity index (χ1v) is 11.9. The van der Waals surface area contributed by atoms with Crippen molar-refractivity contribution in [1.82, 2.24) is 20.6 Å². The van der Waals surface area contributed by atoms with E-state index in [1.807, 2.05) is 31.2 Å². The summed E-state index contributed by atoms with van der Waals surface area (Å²) in [6.45, 7) is 4.04. The molecule has 1 atom stereocenters. The number of nitrogens with zero attached hydrogens (tertiary/aromatic N) is 2. The molecule has 3 amide bonds.